The lowest BCUT2D eigenvalue weighted by Crippen LogP contribution is -2.46. The summed E-state index contributed by atoms with van der Waals surface area (Å²) in [5, 5.41) is 6.30. The first-order valence-corrected chi connectivity index (χ1v) is 10.1. The zero-order valence-corrected chi connectivity index (χ0v) is 17.4. The van der Waals surface area contributed by atoms with Crippen LogP contribution >= 0.6 is 12.4 Å². The number of hydrogen-bond donors (Lipinski definition) is 2. The van der Waals surface area contributed by atoms with Crippen LogP contribution in [0.1, 0.15) is 37.7 Å². The Labute approximate surface area is 173 Å². The van der Waals surface area contributed by atoms with E-state index in [1.165, 1.54) is 0 Å². The second-order valence-corrected chi connectivity index (χ2v) is 7.55. The van der Waals surface area contributed by atoms with Gasteiger partial charge < -0.3 is 20.3 Å². The minimum absolute atomic E-state index is 0. The normalized spacial score (nSPS) is 21.7. The third kappa shape index (κ3) is 6.11. The van der Waals surface area contributed by atoms with Crippen molar-refractivity contribution in [2.45, 2.75) is 44.6 Å². The summed E-state index contributed by atoms with van der Waals surface area (Å²) in [4.78, 5) is 26.8. The molecule has 0 radical (unpaired) electrons. The minimum Gasteiger partial charge on any atom is -0.496 e. The standard InChI is InChI=1S/C21H31N3O3.ClH/c1-27-19-9-3-2-7-17(19)10-11-20(25)24-13-5-6-16(15-24)14-23-21(26)18-8-4-12-22-18;/h2-3,7,9,16,18,22H,4-6,8,10-15H2,1H3,(H,23,26);1H. The molecule has 2 N–H and O–H groups in total. The maximum absolute atomic E-state index is 12.7. The highest BCUT2D eigenvalue weighted by Crippen LogP contribution is 2.21. The van der Waals surface area contributed by atoms with Crippen LogP contribution in [0, 0.1) is 5.92 Å². The van der Waals surface area contributed by atoms with Crippen LogP contribution in [0.3, 0.4) is 0 Å². The molecule has 3 rings (SSSR count). The Bertz CT molecular complexity index is 650. The quantitative estimate of drug-likeness (QED) is 0.724. The van der Waals surface area contributed by atoms with Gasteiger partial charge in [-0.15, -0.1) is 12.4 Å². The number of carbonyl (C=O) groups excluding carboxylic acids is 2. The molecule has 0 aliphatic carbocycles. The molecule has 0 spiro atoms. The molecular formula is C21H32ClN3O3. The second kappa shape index (κ2) is 11.3. The summed E-state index contributed by atoms with van der Waals surface area (Å²) >= 11 is 0. The number of benzene rings is 1. The number of para-hydroxylation sites is 1. The monoisotopic (exact) mass is 409 g/mol. The fourth-order valence-corrected chi connectivity index (χ4v) is 4.04. The number of aryl methyl sites for hydroxylation is 1. The Morgan fingerprint density at radius 3 is 2.82 bits per heavy atom. The molecule has 2 saturated heterocycles. The highest BCUT2D eigenvalue weighted by atomic mass is 35.5. The van der Waals surface area contributed by atoms with Gasteiger partial charge in [-0.1, -0.05) is 18.2 Å². The van der Waals surface area contributed by atoms with Crippen molar-refractivity contribution in [3.63, 3.8) is 0 Å². The summed E-state index contributed by atoms with van der Waals surface area (Å²) in [6.07, 6.45) is 5.23. The molecule has 2 amide bonds. The number of carbonyl (C=O) groups is 2. The van der Waals surface area contributed by atoms with E-state index in [1.54, 1.807) is 7.11 Å². The van der Waals surface area contributed by atoms with Crippen LogP contribution in [0.25, 0.3) is 0 Å². The van der Waals surface area contributed by atoms with E-state index in [1.807, 2.05) is 29.2 Å². The number of hydrogen-bond acceptors (Lipinski definition) is 4. The van der Waals surface area contributed by atoms with E-state index >= 15 is 0 Å². The highest BCUT2D eigenvalue weighted by molar-refractivity contribution is 5.85. The summed E-state index contributed by atoms with van der Waals surface area (Å²) in [6.45, 7) is 3.14. The minimum atomic E-state index is -0.0350. The molecule has 2 atom stereocenters. The van der Waals surface area contributed by atoms with Crippen molar-refractivity contribution in [1.82, 2.24) is 15.5 Å². The molecule has 156 valence electrons. The number of methoxy groups -OCH3 is 1. The van der Waals surface area contributed by atoms with E-state index in [2.05, 4.69) is 10.6 Å². The molecule has 7 heteroatoms. The molecule has 2 fully saturated rings. The number of ether oxygens (including phenoxy) is 1. The third-order valence-corrected chi connectivity index (χ3v) is 5.61. The first-order valence-electron chi connectivity index (χ1n) is 10.1. The van der Waals surface area contributed by atoms with Crippen molar-refractivity contribution in [3.8, 4) is 5.75 Å². The SMILES string of the molecule is COc1ccccc1CCC(=O)N1CCCC(CNC(=O)C2CCCN2)C1.Cl. The van der Waals surface area contributed by atoms with Gasteiger partial charge in [-0.25, -0.2) is 0 Å². The van der Waals surface area contributed by atoms with Gasteiger partial charge in [0.05, 0.1) is 13.2 Å². The van der Waals surface area contributed by atoms with E-state index in [4.69, 9.17) is 4.74 Å². The summed E-state index contributed by atoms with van der Waals surface area (Å²) < 4.78 is 5.37. The van der Waals surface area contributed by atoms with Gasteiger partial charge in [-0.05, 0) is 56.2 Å². The summed E-state index contributed by atoms with van der Waals surface area (Å²) in [6, 6.07) is 7.82. The fraction of sp³-hybridized carbons (Fsp3) is 0.619. The molecule has 2 aliphatic rings. The van der Waals surface area contributed by atoms with Gasteiger partial charge in [-0.2, -0.15) is 0 Å². The largest absolute Gasteiger partial charge is 0.496 e. The smallest absolute Gasteiger partial charge is 0.237 e. The third-order valence-electron chi connectivity index (χ3n) is 5.61. The van der Waals surface area contributed by atoms with E-state index in [-0.39, 0.29) is 30.3 Å². The highest BCUT2D eigenvalue weighted by Gasteiger charge is 2.26. The first kappa shape index (κ1) is 22.5. The van der Waals surface area contributed by atoms with Crippen molar-refractivity contribution in [1.29, 1.82) is 0 Å². The zero-order valence-electron chi connectivity index (χ0n) is 16.6. The molecule has 28 heavy (non-hydrogen) atoms. The molecule has 0 saturated carbocycles. The zero-order chi connectivity index (χ0) is 19.1. The van der Waals surface area contributed by atoms with Crippen LogP contribution in [-0.2, 0) is 16.0 Å². The van der Waals surface area contributed by atoms with Crippen molar-refractivity contribution in [2.75, 3.05) is 33.3 Å². The lowest BCUT2D eigenvalue weighted by atomic mass is 9.97. The van der Waals surface area contributed by atoms with Crippen LogP contribution in [0.4, 0.5) is 0 Å². The average Bonchev–Trinajstić information content (AvgIpc) is 3.25. The predicted molar refractivity (Wildman–Crippen MR) is 112 cm³/mol. The van der Waals surface area contributed by atoms with E-state index in [0.29, 0.717) is 25.3 Å². The second-order valence-electron chi connectivity index (χ2n) is 7.55. The maximum Gasteiger partial charge on any atom is 0.237 e. The Hall–Kier alpha value is -1.79. The molecule has 1 aromatic carbocycles. The van der Waals surface area contributed by atoms with Crippen molar-refractivity contribution in [2.24, 2.45) is 5.92 Å². The Balaban J connectivity index is 0.00000280. The number of piperidine rings is 1. The van der Waals surface area contributed by atoms with Gasteiger partial charge in [-0.3, -0.25) is 9.59 Å². The van der Waals surface area contributed by atoms with Crippen LogP contribution in [-0.4, -0.2) is 56.0 Å². The number of amides is 2. The number of rotatable bonds is 7. The van der Waals surface area contributed by atoms with Crippen LogP contribution < -0.4 is 15.4 Å². The Kier molecular flexibility index (Phi) is 9.06. The van der Waals surface area contributed by atoms with Crippen LogP contribution in [0.15, 0.2) is 24.3 Å². The predicted octanol–water partition coefficient (Wildman–Crippen LogP) is 2.16. The molecule has 6 nitrogen and oxygen atoms in total. The van der Waals surface area contributed by atoms with Gasteiger partial charge in [0.1, 0.15) is 5.75 Å². The number of nitrogens with one attached hydrogen (secondary N) is 2. The number of likely N-dealkylation sites (tertiary alicyclic amines) is 1. The van der Waals surface area contributed by atoms with Gasteiger partial charge in [0.2, 0.25) is 11.8 Å². The van der Waals surface area contributed by atoms with Crippen molar-refractivity contribution in [3.05, 3.63) is 29.8 Å². The lowest BCUT2D eigenvalue weighted by Gasteiger charge is -2.33. The average molecular weight is 410 g/mol. The van der Waals surface area contributed by atoms with Gasteiger partial charge in [0.25, 0.3) is 0 Å². The molecule has 2 heterocycles. The molecule has 2 unspecified atom stereocenters. The molecular weight excluding hydrogens is 378 g/mol. The van der Waals surface area contributed by atoms with Gasteiger partial charge >= 0.3 is 0 Å². The van der Waals surface area contributed by atoms with Gasteiger partial charge in [0, 0.05) is 26.1 Å². The van der Waals surface area contributed by atoms with Crippen molar-refractivity contribution >= 4 is 24.2 Å². The first-order chi connectivity index (χ1) is 13.2. The molecule has 0 bridgehead atoms. The molecule has 0 aromatic heterocycles. The fourth-order valence-electron chi connectivity index (χ4n) is 4.04. The summed E-state index contributed by atoms with van der Waals surface area (Å²) in [7, 11) is 1.66. The molecule has 1 aromatic rings. The van der Waals surface area contributed by atoms with E-state index in [0.717, 1.165) is 56.6 Å². The van der Waals surface area contributed by atoms with Crippen molar-refractivity contribution < 1.29 is 14.3 Å². The lowest BCUT2D eigenvalue weighted by molar-refractivity contribution is -0.132. The van der Waals surface area contributed by atoms with Gasteiger partial charge in [0.15, 0.2) is 0 Å². The maximum atomic E-state index is 12.7. The molecule has 2 aliphatic heterocycles. The van der Waals surface area contributed by atoms with Crippen LogP contribution in [0.2, 0.25) is 0 Å². The Morgan fingerprint density at radius 1 is 1.25 bits per heavy atom. The topological polar surface area (TPSA) is 70.7 Å². The Morgan fingerprint density at radius 2 is 2.07 bits per heavy atom. The van der Waals surface area contributed by atoms with Crippen LogP contribution in [0.5, 0.6) is 5.75 Å². The number of nitrogens with zero attached hydrogens (tertiary/aromatic N) is 1. The summed E-state index contributed by atoms with van der Waals surface area (Å²) in [5.74, 6) is 1.48. The van der Waals surface area contributed by atoms with E-state index in [9.17, 15) is 9.59 Å². The number of halogens is 1. The summed E-state index contributed by atoms with van der Waals surface area (Å²) in [5.41, 5.74) is 1.07. The van der Waals surface area contributed by atoms with E-state index < -0.39 is 0 Å².